The first-order chi connectivity index (χ1) is 27.9. The van der Waals surface area contributed by atoms with Gasteiger partial charge in [0.15, 0.2) is 6.10 Å². The summed E-state index contributed by atoms with van der Waals surface area (Å²) in [6.45, 7) is 4.20. The molecule has 0 heterocycles. The third kappa shape index (κ3) is 42.0. The second-order valence-corrected chi connectivity index (χ2v) is 17.3. The van der Waals surface area contributed by atoms with E-state index in [1.807, 2.05) is 19.1 Å². The Morgan fingerprint density at radius 2 is 1.00 bits per heavy atom. The van der Waals surface area contributed by atoms with E-state index in [0.717, 1.165) is 63.7 Å². The fourth-order valence-corrected chi connectivity index (χ4v) is 6.74. The molecule has 0 amide bonds. The summed E-state index contributed by atoms with van der Waals surface area (Å²) in [5.41, 5.74) is 0. The Kier molecular flexibility index (Phi) is 38.8. The maximum atomic E-state index is 12.6. The van der Waals surface area contributed by atoms with Crippen LogP contribution in [0.5, 0.6) is 0 Å². The number of rotatable bonds is 41. The summed E-state index contributed by atoms with van der Waals surface area (Å²) in [5, 5.41) is 27.6. The van der Waals surface area contributed by atoms with Gasteiger partial charge in [0.1, 0.15) is 12.7 Å². The molecule has 0 aliphatic heterocycles. The van der Waals surface area contributed by atoms with Crippen molar-refractivity contribution in [1.82, 2.24) is 0 Å². The lowest BCUT2D eigenvalue weighted by Crippen LogP contribution is -2.29. The van der Waals surface area contributed by atoms with E-state index in [9.17, 15) is 29.3 Å². The zero-order valence-electron chi connectivity index (χ0n) is 36.5. The average Bonchev–Trinajstić information content (AvgIpc) is 3.18. The predicted octanol–water partition coefficient (Wildman–Crippen LogP) is 10.9. The van der Waals surface area contributed by atoms with Crippen molar-refractivity contribution in [2.75, 3.05) is 26.4 Å². The van der Waals surface area contributed by atoms with E-state index in [-0.39, 0.29) is 25.6 Å². The van der Waals surface area contributed by atoms with Crippen molar-refractivity contribution in [1.29, 1.82) is 0 Å². The van der Waals surface area contributed by atoms with Gasteiger partial charge in [-0.2, -0.15) is 0 Å². The summed E-state index contributed by atoms with van der Waals surface area (Å²) in [7, 11) is -4.64. The molecular formula is C46H83O11P. The summed E-state index contributed by atoms with van der Waals surface area (Å²) in [5.74, 6) is -0.189. The first-order valence-corrected chi connectivity index (χ1v) is 24.0. The third-order valence-electron chi connectivity index (χ3n) is 9.43. The average molecular weight is 843 g/mol. The number of aliphatic hydroxyl groups is 3. The number of carbonyl (C=O) groups excluding carboxylic acids is 2. The molecule has 0 fully saturated rings. The molecule has 0 saturated heterocycles. The first kappa shape index (κ1) is 55.9. The molecule has 0 saturated carbocycles. The molecule has 1 unspecified atom stereocenters. The second-order valence-electron chi connectivity index (χ2n) is 15.8. The van der Waals surface area contributed by atoms with Crippen molar-refractivity contribution >= 4 is 19.8 Å². The molecular weight excluding hydrogens is 759 g/mol. The molecule has 338 valence electrons. The molecule has 0 aliphatic carbocycles. The maximum Gasteiger partial charge on any atom is 0.472 e. The predicted molar refractivity (Wildman–Crippen MR) is 234 cm³/mol. The van der Waals surface area contributed by atoms with E-state index in [1.54, 1.807) is 0 Å². The molecule has 4 N–H and O–H groups in total. The number of allylic oxidation sites excluding steroid dienone is 8. The largest absolute Gasteiger partial charge is 0.472 e. The summed E-state index contributed by atoms with van der Waals surface area (Å²) < 4.78 is 32.7. The van der Waals surface area contributed by atoms with Gasteiger partial charge in [-0.25, -0.2) is 4.57 Å². The molecule has 11 nitrogen and oxygen atoms in total. The number of phosphoric acid groups is 1. The van der Waals surface area contributed by atoms with Gasteiger partial charge >= 0.3 is 19.8 Å². The Bertz CT molecular complexity index is 1130. The number of hydrogen-bond donors (Lipinski definition) is 4. The quantitative estimate of drug-likeness (QED) is 0.0200. The smallest absolute Gasteiger partial charge is 0.462 e. The number of hydrogen-bond acceptors (Lipinski definition) is 10. The minimum atomic E-state index is -4.64. The molecule has 0 aromatic rings. The van der Waals surface area contributed by atoms with E-state index in [0.29, 0.717) is 19.3 Å². The minimum absolute atomic E-state index is 0.154. The summed E-state index contributed by atoms with van der Waals surface area (Å²) >= 11 is 0. The van der Waals surface area contributed by atoms with Crippen LogP contribution in [0.2, 0.25) is 0 Å². The van der Waals surface area contributed by atoms with Crippen molar-refractivity contribution in [2.45, 2.75) is 200 Å². The normalized spacial score (nSPS) is 14.9. The van der Waals surface area contributed by atoms with Gasteiger partial charge in [0.2, 0.25) is 0 Å². The van der Waals surface area contributed by atoms with Gasteiger partial charge in [0.25, 0.3) is 0 Å². The van der Waals surface area contributed by atoms with E-state index in [4.69, 9.17) is 19.1 Å². The van der Waals surface area contributed by atoms with Crippen LogP contribution in [0.25, 0.3) is 0 Å². The highest BCUT2D eigenvalue weighted by Gasteiger charge is 2.27. The van der Waals surface area contributed by atoms with Gasteiger partial charge in [-0.05, 0) is 70.6 Å². The van der Waals surface area contributed by atoms with Crippen molar-refractivity contribution in [3.05, 3.63) is 48.6 Å². The fraction of sp³-hybridized carbons (Fsp3) is 0.783. The first-order valence-electron chi connectivity index (χ1n) is 22.5. The van der Waals surface area contributed by atoms with Gasteiger partial charge < -0.3 is 29.7 Å². The lowest BCUT2D eigenvalue weighted by atomic mass is 10.0. The molecule has 0 aromatic carbocycles. The van der Waals surface area contributed by atoms with Crippen LogP contribution in [-0.4, -0.2) is 76.9 Å². The van der Waals surface area contributed by atoms with Crippen molar-refractivity contribution < 1.29 is 52.9 Å². The van der Waals surface area contributed by atoms with Crippen LogP contribution < -0.4 is 0 Å². The number of unbranched alkanes of at least 4 members (excludes halogenated alkanes) is 15. The van der Waals surface area contributed by atoms with Crippen molar-refractivity contribution in [2.24, 2.45) is 5.92 Å². The van der Waals surface area contributed by atoms with E-state index >= 15 is 0 Å². The van der Waals surface area contributed by atoms with Gasteiger partial charge in [-0.15, -0.1) is 0 Å². The van der Waals surface area contributed by atoms with Crippen molar-refractivity contribution in [3.63, 3.8) is 0 Å². The van der Waals surface area contributed by atoms with Crippen LogP contribution in [0.3, 0.4) is 0 Å². The lowest BCUT2D eigenvalue weighted by molar-refractivity contribution is -0.161. The van der Waals surface area contributed by atoms with E-state index in [2.05, 4.69) is 54.8 Å². The van der Waals surface area contributed by atoms with Gasteiger partial charge in [-0.3, -0.25) is 18.6 Å². The molecule has 58 heavy (non-hydrogen) atoms. The highest BCUT2D eigenvalue weighted by Crippen LogP contribution is 2.43. The molecule has 0 rings (SSSR count). The molecule has 0 radical (unpaired) electrons. The van der Waals surface area contributed by atoms with Gasteiger partial charge in [-0.1, -0.05) is 152 Å². The Balaban J connectivity index is 4.35. The number of carbonyl (C=O) groups is 2. The second kappa shape index (κ2) is 40.3. The highest BCUT2D eigenvalue weighted by atomic mass is 31.2. The summed E-state index contributed by atoms with van der Waals surface area (Å²) in [4.78, 5) is 35.0. The molecule has 12 heteroatoms. The van der Waals surface area contributed by atoms with Crippen LogP contribution in [-0.2, 0) is 32.7 Å². The summed E-state index contributed by atoms with van der Waals surface area (Å²) in [6.07, 6.45) is 39.3. The van der Waals surface area contributed by atoms with Crippen LogP contribution in [0.15, 0.2) is 48.6 Å². The number of phosphoric ester groups is 1. The molecule has 0 spiro atoms. The Labute approximate surface area is 352 Å². The van der Waals surface area contributed by atoms with Crippen molar-refractivity contribution in [3.8, 4) is 0 Å². The van der Waals surface area contributed by atoms with Crippen LogP contribution in [0.1, 0.15) is 181 Å². The van der Waals surface area contributed by atoms with E-state index in [1.165, 1.54) is 70.6 Å². The lowest BCUT2D eigenvalue weighted by Gasteiger charge is -2.20. The number of ether oxygens (including phenoxy) is 2. The topological polar surface area (TPSA) is 169 Å². The SMILES string of the molecule is CC(C)CCCCCCCCCCCCCCCCC(=O)O[C@H](COC(=O)CCC/C=C\C/C=C\C/C=C\C/C=C\CCC[C@@H](C)O)COP(=O)(O)OC[C@@H](O)CO. The van der Waals surface area contributed by atoms with Crippen LogP contribution in [0, 0.1) is 5.92 Å². The van der Waals surface area contributed by atoms with Gasteiger partial charge in [0, 0.05) is 12.8 Å². The number of aliphatic hydroxyl groups excluding tert-OH is 3. The standard InChI is InChI=1S/C46H83O11P/c1-41(2)33-29-25-21-17-13-9-7-8-12-16-20-24-28-32-36-46(51)57-44(40-56-58(52,53)55-38-43(49)37-47)39-54-45(50)35-31-27-23-19-15-11-6-4-5-10-14-18-22-26-30-34-42(3)48/h5-6,10-11,18-19,22-23,41-44,47-49H,4,7-9,12-17,20-21,24-40H2,1-3H3,(H,52,53)/b10-5-,11-6-,22-18-,23-19-/t42-,43+,44-/m1/s1. The zero-order chi connectivity index (χ0) is 43.0. The Hall–Kier alpha value is -2.11. The maximum absolute atomic E-state index is 12.6. The van der Waals surface area contributed by atoms with E-state index < -0.39 is 51.8 Å². The van der Waals surface area contributed by atoms with Crippen LogP contribution >= 0.6 is 7.82 Å². The summed E-state index contributed by atoms with van der Waals surface area (Å²) in [6, 6.07) is 0. The molecule has 4 atom stereocenters. The third-order valence-corrected chi connectivity index (χ3v) is 10.4. The van der Waals surface area contributed by atoms with Gasteiger partial charge in [0.05, 0.1) is 25.9 Å². The number of esters is 2. The molecule has 0 aromatic heterocycles. The minimum Gasteiger partial charge on any atom is -0.462 e. The fourth-order valence-electron chi connectivity index (χ4n) is 5.95. The Morgan fingerprint density at radius 3 is 1.50 bits per heavy atom. The Morgan fingerprint density at radius 1 is 0.552 bits per heavy atom. The zero-order valence-corrected chi connectivity index (χ0v) is 37.4. The monoisotopic (exact) mass is 843 g/mol. The van der Waals surface area contributed by atoms with Crippen LogP contribution in [0.4, 0.5) is 0 Å². The highest BCUT2D eigenvalue weighted by molar-refractivity contribution is 7.47. The molecule has 0 aliphatic rings. The molecule has 0 bridgehead atoms.